The molecule has 3 heterocycles. The van der Waals surface area contributed by atoms with Crippen molar-refractivity contribution >= 4 is 5.95 Å². The van der Waals surface area contributed by atoms with Crippen LogP contribution in [-0.4, -0.2) is 57.9 Å². The van der Waals surface area contributed by atoms with E-state index in [0.29, 0.717) is 29.7 Å². The summed E-state index contributed by atoms with van der Waals surface area (Å²) in [6.07, 6.45) is -2.26. The number of nitrogens with zero attached hydrogens (tertiary/aromatic N) is 5. The number of phenols is 1. The second kappa shape index (κ2) is 6.88. The standard InChI is InChI=1S/C19H22F3N5O/c1-11-17(14-6-5-13(8-16(14)28)19(20,21)22)24-25-18(23-11)27-7-3-4-12-9-26(2)10-15(12)27/h5-6,8,12,15,28H,3-4,7,9-10H2,1-2H3/t12-,15+/m0/s1. The van der Waals surface area contributed by atoms with E-state index in [9.17, 15) is 18.3 Å². The van der Waals surface area contributed by atoms with E-state index in [1.807, 2.05) is 0 Å². The van der Waals surface area contributed by atoms with E-state index in [-0.39, 0.29) is 11.3 Å². The molecule has 150 valence electrons. The molecule has 9 heteroatoms. The van der Waals surface area contributed by atoms with E-state index in [4.69, 9.17) is 0 Å². The Balaban J connectivity index is 1.64. The number of fused-ring (bicyclic) bond motifs is 1. The molecular formula is C19H22F3N5O. The van der Waals surface area contributed by atoms with Gasteiger partial charge in [0.25, 0.3) is 0 Å². The zero-order valence-electron chi connectivity index (χ0n) is 15.7. The van der Waals surface area contributed by atoms with Gasteiger partial charge < -0.3 is 14.9 Å². The van der Waals surface area contributed by atoms with Crippen LogP contribution in [0.1, 0.15) is 24.1 Å². The number of hydrogen-bond acceptors (Lipinski definition) is 6. The molecule has 6 nitrogen and oxygen atoms in total. The smallest absolute Gasteiger partial charge is 0.416 e. The predicted octanol–water partition coefficient (Wildman–Crippen LogP) is 3.10. The molecule has 0 bridgehead atoms. The van der Waals surface area contributed by atoms with Gasteiger partial charge in [-0.15, -0.1) is 10.2 Å². The number of alkyl halides is 3. The first-order chi connectivity index (χ1) is 13.2. The van der Waals surface area contributed by atoms with Gasteiger partial charge in [-0.1, -0.05) is 0 Å². The SMILES string of the molecule is Cc1nc(N2CCC[C@H]3CN(C)C[C@H]32)nnc1-c1ccc(C(F)(F)F)cc1O. The highest BCUT2D eigenvalue weighted by atomic mass is 19.4. The van der Waals surface area contributed by atoms with E-state index in [2.05, 4.69) is 32.0 Å². The van der Waals surface area contributed by atoms with E-state index in [1.165, 1.54) is 12.5 Å². The van der Waals surface area contributed by atoms with E-state index < -0.39 is 17.5 Å². The first-order valence-electron chi connectivity index (χ1n) is 9.31. The van der Waals surface area contributed by atoms with Crippen molar-refractivity contribution in [1.82, 2.24) is 20.1 Å². The summed E-state index contributed by atoms with van der Waals surface area (Å²) in [7, 11) is 2.11. The molecule has 0 saturated carbocycles. The number of rotatable bonds is 2. The number of hydrogen-bond donors (Lipinski definition) is 1. The number of aromatic nitrogens is 3. The summed E-state index contributed by atoms with van der Waals surface area (Å²) in [6, 6.07) is 3.19. The average Bonchev–Trinajstić information content (AvgIpc) is 3.01. The minimum absolute atomic E-state index is 0.189. The van der Waals surface area contributed by atoms with Gasteiger partial charge in [0.2, 0.25) is 5.95 Å². The van der Waals surface area contributed by atoms with Crippen LogP contribution in [0.5, 0.6) is 5.75 Å². The molecule has 2 saturated heterocycles. The maximum absolute atomic E-state index is 12.8. The van der Waals surface area contributed by atoms with Crippen molar-refractivity contribution in [2.75, 3.05) is 31.6 Å². The van der Waals surface area contributed by atoms with Gasteiger partial charge in [0.05, 0.1) is 11.3 Å². The summed E-state index contributed by atoms with van der Waals surface area (Å²) in [5.41, 5.74) is 0.0865. The molecule has 1 N–H and O–H groups in total. The van der Waals surface area contributed by atoms with Crippen LogP contribution < -0.4 is 4.90 Å². The summed E-state index contributed by atoms with van der Waals surface area (Å²) >= 11 is 0. The number of likely N-dealkylation sites (tertiary alicyclic amines) is 1. The Morgan fingerprint density at radius 3 is 2.64 bits per heavy atom. The van der Waals surface area contributed by atoms with Crippen LogP contribution >= 0.6 is 0 Å². The van der Waals surface area contributed by atoms with Gasteiger partial charge in [-0.05, 0) is 50.9 Å². The zero-order chi connectivity index (χ0) is 20.1. The lowest BCUT2D eigenvalue weighted by molar-refractivity contribution is -0.137. The summed E-state index contributed by atoms with van der Waals surface area (Å²) in [4.78, 5) is 9.07. The van der Waals surface area contributed by atoms with Crippen LogP contribution in [0.25, 0.3) is 11.3 Å². The fourth-order valence-electron chi connectivity index (χ4n) is 4.31. The van der Waals surface area contributed by atoms with Gasteiger partial charge in [-0.25, -0.2) is 4.98 Å². The number of phenolic OH excluding ortho intramolecular Hbond substituents is 1. The largest absolute Gasteiger partial charge is 0.507 e. The Morgan fingerprint density at radius 2 is 1.96 bits per heavy atom. The van der Waals surface area contributed by atoms with Crippen LogP contribution in [-0.2, 0) is 6.18 Å². The highest BCUT2D eigenvalue weighted by Crippen LogP contribution is 2.37. The molecule has 1 aromatic carbocycles. The lowest BCUT2D eigenvalue weighted by Crippen LogP contribution is -2.46. The lowest BCUT2D eigenvalue weighted by Gasteiger charge is -2.36. The molecule has 0 radical (unpaired) electrons. The minimum atomic E-state index is -4.52. The topological polar surface area (TPSA) is 65.4 Å². The number of aromatic hydroxyl groups is 1. The van der Waals surface area contributed by atoms with Crippen LogP contribution in [0.2, 0.25) is 0 Å². The number of anilines is 1. The third-order valence-corrected chi connectivity index (χ3v) is 5.65. The molecule has 4 rings (SSSR count). The van der Waals surface area contributed by atoms with E-state index in [0.717, 1.165) is 32.1 Å². The molecular weight excluding hydrogens is 371 g/mol. The van der Waals surface area contributed by atoms with E-state index >= 15 is 0 Å². The minimum Gasteiger partial charge on any atom is -0.507 e. The van der Waals surface area contributed by atoms with Crippen molar-refractivity contribution in [1.29, 1.82) is 0 Å². The lowest BCUT2D eigenvalue weighted by atomic mass is 9.92. The third kappa shape index (κ3) is 3.39. The number of likely N-dealkylation sites (N-methyl/N-ethyl adjacent to an activating group) is 1. The van der Waals surface area contributed by atoms with Gasteiger partial charge in [0, 0.05) is 31.2 Å². The van der Waals surface area contributed by atoms with Crippen molar-refractivity contribution in [3.63, 3.8) is 0 Å². The Morgan fingerprint density at radius 1 is 1.18 bits per heavy atom. The van der Waals surface area contributed by atoms with Gasteiger partial charge in [-0.3, -0.25) is 0 Å². The van der Waals surface area contributed by atoms with E-state index in [1.54, 1.807) is 6.92 Å². The summed E-state index contributed by atoms with van der Waals surface area (Å²) < 4.78 is 38.4. The molecule has 0 aliphatic carbocycles. The van der Waals surface area contributed by atoms with Crippen LogP contribution in [0, 0.1) is 12.8 Å². The fraction of sp³-hybridized carbons (Fsp3) is 0.526. The molecule has 28 heavy (non-hydrogen) atoms. The second-order valence-corrected chi connectivity index (χ2v) is 7.66. The number of halogens is 3. The maximum Gasteiger partial charge on any atom is 0.416 e. The van der Waals surface area contributed by atoms with Gasteiger partial charge in [0.1, 0.15) is 11.4 Å². The van der Waals surface area contributed by atoms with Crippen LogP contribution in [0.3, 0.4) is 0 Å². The van der Waals surface area contributed by atoms with Gasteiger partial charge in [0.15, 0.2) is 0 Å². The molecule has 0 spiro atoms. The van der Waals surface area contributed by atoms with Crippen LogP contribution in [0.4, 0.5) is 19.1 Å². The summed E-state index contributed by atoms with van der Waals surface area (Å²) in [6.45, 7) is 4.60. The van der Waals surface area contributed by atoms with Crippen molar-refractivity contribution in [2.45, 2.75) is 32.0 Å². The molecule has 0 unspecified atom stereocenters. The molecule has 2 aliphatic heterocycles. The van der Waals surface area contributed by atoms with Crippen LogP contribution in [0.15, 0.2) is 18.2 Å². The first-order valence-corrected chi connectivity index (χ1v) is 9.31. The number of piperidine rings is 1. The van der Waals surface area contributed by atoms with Crippen molar-refractivity contribution in [3.8, 4) is 17.0 Å². The highest BCUT2D eigenvalue weighted by Gasteiger charge is 2.39. The Bertz CT molecular complexity index is 888. The number of benzene rings is 1. The maximum atomic E-state index is 12.8. The highest BCUT2D eigenvalue weighted by molar-refractivity contribution is 5.69. The molecule has 2 fully saturated rings. The van der Waals surface area contributed by atoms with Gasteiger partial charge >= 0.3 is 6.18 Å². The third-order valence-electron chi connectivity index (χ3n) is 5.65. The molecule has 0 amide bonds. The molecule has 2 aliphatic rings. The zero-order valence-corrected chi connectivity index (χ0v) is 15.7. The normalized spacial score (nSPS) is 23.1. The Hall–Kier alpha value is -2.42. The fourth-order valence-corrected chi connectivity index (χ4v) is 4.31. The monoisotopic (exact) mass is 393 g/mol. The quantitative estimate of drug-likeness (QED) is 0.846. The second-order valence-electron chi connectivity index (χ2n) is 7.66. The summed E-state index contributed by atoms with van der Waals surface area (Å²) in [5.74, 6) is 0.635. The Labute approximate surface area is 161 Å². The molecule has 2 aromatic rings. The van der Waals surface area contributed by atoms with Crippen molar-refractivity contribution in [2.24, 2.45) is 5.92 Å². The molecule has 1 aromatic heterocycles. The van der Waals surface area contributed by atoms with Crippen molar-refractivity contribution < 1.29 is 18.3 Å². The predicted molar refractivity (Wildman–Crippen MR) is 98.0 cm³/mol. The molecule has 2 atom stereocenters. The Kier molecular flexibility index (Phi) is 4.65. The number of aryl methyl sites for hydroxylation is 1. The first kappa shape index (κ1) is 18.9. The average molecular weight is 393 g/mol. The summed E-state index contributed by atoms with van der Waals surface area (Å²) in [5, 5.41) is 18.5. The van der Waals surface area contributed by atoms with Gasteiger partial charge in [-0.2, -0.15) is 13.2 Å². The van der Waals surface area contributed by atoms with Crippen molar-refractivity contribution in [3.05, 3.63) is 29.5 Å².